The molecule has 0 bridgehead atoms. The van der Waals surface area contributed by atoms with Gasteiger partial charge in [0, 0.05) is 19.2 Å². The van der Waals surface area contributed by atoms with Crippen LogP contribution in [0.4, 0.5) is 5.69 Å². The van der Waals surface area contributed by atoms with Gasteiger partial charge in [-0.25, -0.2) is 0 Å². The number of amides is 1. The Balaban J connectivity index is 2.61. The van der Waals surface area contributed by atoms with Crippen molar-refractivity contribution in [2.24, 2.45) is 5.92 Å². The Morgan fingerprint density at radius 3 is 2.47 bits per heavy atom. The van der Waals surface area contributed by atoms with Gasteiger partial charge in [0.25, 0.3) is 0 Å². The highest BCUT2D eigenvalue weighted by molar-refractivity contribution is 5.92. The van der Waals surface area contributed by atoms with Crippen LogP contribution in [0, 0.1) is 5.92 Å². The lowest BCUT2D eigenvalue weighted by atomic mass is 10.0. The van der Waals surface area contributed by atoms with E-state index in [1.807, 2.05) is 37.4 Å². The van der Waals surface area contributed by atoms with Crippen LogP contribution in [0.25, 0.3) is 0 Å². The summed E-state index contributed by atoms with van der Waals surface area (Å²) in [5.41, 5.74) is 0.964. The monoisotopic (exact) mass is 205 g/mol. The third kappa shape index (κ3) is 3.39. The van der Waals surface area contributed by atoms with Gasteiger partial charge in [0.2, 0.25) is 5.91 Å². The molecular formula is C13H19NO. The number of carbonyl (C=O) groups is 1. The second-order valence-electron chi connectivity index (χ2n) is 4.01. The van der Waals surface area contributed by atoms with Gasteiger partial charge in [0.15, 0.2) is 0 Å². The van der Waals surface area contributed by atoms with Crippen LogP contribution in [-0.2, 0) is 4.79 Å². The predicted octanol–water partition coefficient (Wildman–Crippen LogP) is 3.09. The van der Waals surface area contributed by atoms with E-state index in [4.69, 9.17) is 0 Å². The highest BCUT2D eigenvalue weighted by atomic mass is 16.2. The van der Waals surface area contributed by atoms with Crippen LogP contribution in [0.15, 0.2) is 30.3 Å². The molecule has 0 spiro atoms. The number of carbonyl (C=O) groups excluding carboxylic acids is 1. The van der Waals surface area contributed by atoms with Crippen LogP contribution >= 0.6 is 0 Å². The van der Waals surface area contributed by atoms with Crippen molar-refractivity contribution in [2.75, 3.05) is 11.9 Å². The third-order valence-electron chi connectivity index (χ3n) is 2.74. The first-order valence-corrected chi connectivity index (χ1v) is 5.46. The van der Waals surface area contributed by atoms with E-state index >= 15 is 0 Å². The minimum atomic E-state index is 0.190. The van der Waals surface area contributed by atoms with Crippen LogP contribution < -0.4 is 4.90 Å². The number of hydrogen-bond donors (Lipinski definition) is 0. The molecule has 0 fully saturated rings. The zero-order chi connectivity index (χ0) is 11.3. The summed E-state index contributed by atoms with van der Waals surface area (Å²) in [6.45, 7) is 4.22. The van der Waals surface area contributed by atoms with Crippen molar-refractivity contribution in [3.63, 3.8) is 0 Å². The van der Waals surface area contributed by atoms with Crippen molar-refractivity contribution in [3.05, 3.63) is 30.3 Å². The number of benzene rings is 1. The van der Waals surface area contributed by atoms with Crippen LogP contribution in [0.2, 0.25) is 0 Å². The molecule has 2 heteroatoms. The Morgan fingerprint density at radius 2 is 1.93 bits per heavy atom. The lowest BCUT2D eigenvalue weighted by Crippen LogP contribution is -2.27. The lowest BCUT2D eigenvalue weighted by Gasteiger charge is -2.19. The second-order valence-corrected chi connectivity index (χ2v) is 4.01. The lowest BCUT2D eigenvalue weighted by molar-refractivity contribution is -0.119. The van der Waals surface area contributed by atoms with Gasteiger partial charge in [0.1, 0.15) is 0 Å². The van der Waals surface area contributed by atoms with E-state index in [0.29, 0.717) is 12.3 Å². The quantitative estimate of drug-likeness (QED) is 0.739. The Bertz CT molecular complexity index is 308. The van der Waals surface area contributed by atoms with Gasteiger partial charge in [-0.3, -0.25) is 4.79 Å². The molecule has 1 aromatic carbocycles. The smallest absolute Gasteiger partial charge is 0.226 e. The Hall–Kier alpha value is -1.31. The third-order valence-corrected chi connectivity index (χ3v) is 2.74. The topological polar surface area (TPSA) is 20.3 Å². The average molecular weight is 205 g/mol. The number of anilines is 1. The molecule has 82 valence electrons. The van der Waals surface area contributed by atoms with Gasteiger partial charge in [0.05, 0.1) is 0 Å². The fraction of sp³-hybridized carbons (Fsp3) is 0.462. The molecule has 0 saturated heterocycles. The number of nitrogens with zero attached hydrogens (tertiary/aromatic N) is 1. The molecule has 0 aromatic heterocycles. The number of hydrogen-bond acceptors (Lipinski definition) is 1. The van der Waals surface area contributed by atoms with E-state index in [-0.39, 0.29) is 5.91 Å². The Labute approximate surface area is 91.9 Å². The molecular weight excluding hydrogens is 186 g/mol. The fourth-order valence-corrected chi connectivity index (χ4v) is 1.37. The van der Waals surface area contributed by atoms with Gasteiger partial charge in [-0.2, -0.15) is 0 Å². The van der Waals surface area contributed by atoms with Crippen LogP contribution in [0.3, 0.4) is 0 Å². The van der Waals surface area contributed by atoms with Gasteiger partial charge in [-0.05, 0) is 18.1 Å². The van der Waals surface area contributed by atoms with Crippen LogP contribution in [-0.4, -0.2) is 13.0 Å². The summed E-state index contributed by atoms with van der Waals surface area (Å²) in [5, 5.41) is 0. The zero-order valence-electron chi connectivity index (χ0n) is 9.73. The van der Waals surface area contributed by atoms with Gasteiger partial charge in [-0.15, -0.1) is 0 Å². The molecule has 0 aliphatic heterocycles. The number of para-hydroxylation sites is 1. The summed E-state index contributed by atoms with van der Waals surface area (Å²) in [5.74, 6) is 0.652. The number of rotatable bonds is 4. The van der Waals surface area contributed by atoms with Crippen molar-refractivity contribution in [3.8, 4) is 0 Å². The van der Waals surface area contributed by atoms with Crippen molar-refractivity contribution in [2.45, 2.75) is 26.7 Å². The minimum Gasteiger partial charge on any atom is -0.315 e. The maximum Gasteiger partial charge on any atom is 0.226 e. The first kappa shape index (κ1) is 11.8. The first-order chi connectivity index (χ1) is 7.15. The van der Waals surface area contributed by atoms with E-state index in [1.54, 1.807) is 4.90 Å². The predicted molar refractivity (Wildman–Crippen MR) is 63.9 cm³/mol. The van der Waals surface area contributed by atoms with E-state index in [2.05, 4.69) is 13.8 Å². The maximum atomic E-state index is 11.8. The molecule has 15 heavy (non-hydrogen) atoms. The molecule has 0 saturated carbocycles. The van der Waals surface area contributed by atoms with Crippen molar-refractivity contribution in [1.82, 2.24) is 0 Å². The maximum absolute atomic E-state index is 11.8. The van der Waals surface area contributed by atoms with Crippen molar-refractivity contribution in [1.29, 1.82) is 0 Å². The molecule has 0 heterocycles. The van der Waals surface area contributed by atoms with Gasteiger partial charge < -0.3 is 4.90 Å². The first-order valence-electron chi connectivity index (χ1n) is 5.46. The summed E-state index contributed by atoms with van der Waals surface area (Å²) < 4.78 is 0. The van der Waals surface area contributed by atoms with Gasteiger partial charge in [-0.1, -0.05) is 38.5 Å². The van der Waals surface area contributed by atoms with E-state index in [9.17, 15) is 4.79 Å². The molecule has 0 N–H and O–H groups in total. The molecule has 0 radical (unpaired) electrons. The molecule has 1 rings (SSSR count). The summed E-state index contributed by atoms with van der Waals surface area (Å²) >= 11 is 0. The Morgan fingerprint density at radius 1 is 1.33 bits per heavy atom. The average Bonchev–Trinajstić information content (AvgIpc) is 2.29. The normalized spacial score (nSPS) is 12.2. The molecule has 2 nitrogen and oxygen atoms in total. The molecule has 1 unspecified atom stereocenters. The standard InChI is InChI=1S/C13H19NO/c1-4-11(2)10-13(15)14(3)12-8-6-5-7-9-12/h5-9,11H,4,10H2,1-3H3. The molecule has 0 aliphatic carbocycles. The molecule has 1 amide bonds. The highest BCUT2D eigenvalue weighted by Crippen LogP contribution is 2.15. The molecule has 0 aliphatic rings. The van der Waals surface area contributed by atoms with E-state index in [1.165, 1.54) is 0 Å². The van der Waals surface area contributed by atoms with Crippen molar-refractivity contribution >= 4 is 11.6 Å². The second kappa shape index (κ2) is 5.54. The van der Waals surface area contributed by atoms with Gasteiger partial charge >= 0.3 is 0 Å². The summed E-state index contributed by atoms with van der Waals surface area (Å²) in [7, 11) is 1.83. The zero-order valence-corrected chi connectivity index (χ0v) is 9.73. The van der Waals surface area contributed by atoms with Crippen LogP contribution in [0.1, 0.15) is 26.7 Å². The summed E-state index contributed by atoms with van der Waals surface area (Å²) in [6, 6.07) is 9.75. The van der Waals surface area contributed by atoms with Crippen LogP contribution in [0.5, 0.6) is 0 Å². The summed E-state index contributed by atoms with van der Waals surface area (Å²) in [4.78, 5) is 13.6. The fourth-order valence-electron chi connectivity index (χ4n) is 1.37. The van der Waals surface area contributed by atoms with E-state index in [0.717, 1.165) is 12.1 Å². The molecule has 1 atom stereocenters. The highest BCUT2D eigenvalue weighted by Gasteiger charge is 2.13. The SMILES string of the molecule is CCC(C)CC(=O)N(C)c1ccccc1. The van der Waals surface area contributed by atoms with E-state index < -0.39 is 0 Å². The largest absolute Gasteiger partial charge is 0.315 e. The minimum absolute atomic E-state index is 0.190. The van der Waals surface area contributed by atoms with Crippen molar-refractivity contribution < 1.29 is 4.79 Å². The Kier molecular flexibility index (Phi) is 4.35. The molecule has 1 aromatic rings. The summed E-state index contributed by atoms with van der Waals surface area (Å²) in [6.07, 6.45) is 1.68.